The van der Waals surface area contributed by atoms with Gasteiger partial charge in [-0.25, -0.2) is 4.98 Å². The van der Waals surface area contributed by atoms with Gasteiger partial charge in [0.05, 0.1) is 0 Å². The second kappa shape index (κ2) is 4.04. The molecule has 0 spiro atoms. The highest BCUT2D eigenvalue weighted by molar-refractivity contribution is 5.37. The Morgan fingerprint density at radius 3 is 2.87 bits per heavy atom. The molecule has 4 heteroatoms. The van der Waals surface area contributed by atoms with E-state index < -0.39 is 0 Å². The lowest BCUT2D eigenvalue weighted by Gasteiger charge is -2.07. The summed E-state index contributed by atoms with van der Waals surface area (Å²) in [5.74, 6) is 1.44. The number of hydrogen-bond acceptors (Lipinski definition) is 3. The molecule has 0 aliphatic heterocycles. The third-order valence-corrected chi connectivity index (χ3v) is 2.14. The van der Waals surface area contributed by atoms with E-state index in [0.29, 0.717) is 12.4 Å². The lowest BCUT2D eigenvalue weighted by Crippen LogP contribution is -2.02. The van der Waals surface area contributed by atoms with Crippen LogP contribution in [0.4, 0.5) is 0 Å². The summed E-state index contributed by atoms with van der Waals surface area (Å²) in [4.78, 5) is 4.12. The fraction of sp³-hybridized carbons (Fsp3) is 0.182. The number of hydrogen-bond donors (Lipinski definition) is 1. The van der Waals surface area contributed by atoms with Crippen molar-refractivity contribution in [3.8, 4) is 11.5 Å². The van der Waals surface area contributed by atoms with Crippen LogP contribution in [-0.4, -0.2) is 14.7 Å². The predicted octanol–water partition coefficient (Wildman–Crippen LogP) is 1.70. The highest BCUT2D eigenvalue weighted by Gasteiger charge is 2.03. The summed E-state index contributed by atoms with van der Waals surface area (Å²) in [7, 11) is 1.90. The molecular formula is C11H12N2O2. The minimum Gasteiger partial charge on any atom is -0.504 e. The molecule has 2 aromatic rings. The van der Waals surface area contributed by atoms with E-state index in [2.05, 4.69) is 4.98 Å². The van der Waals surface area contributed by atoms with E-state index in [0.717, 1.165) is 5.82 Å². The van der Waals surface area contributed by atoms with Crippen molar-refractivity contribution in [2.24, 2.45) is 7.05 Å². The van der Waals surface area contributed by atoms with E-state index in [9.17, 15) is 5.11 Å². The molecule has 78 valence electrons. The zero-order valence-electron chi connectivity index (χ0n) is 8.42. The first kappa shape index (κ1) is 9.58. The van der Waals surface area contributed by atoms with Crippen LogP contribution in [0.2, 0.25) is 0 Å². The second-order valence-electron chi connectivity index (χ2n) is 3.21. The van der Waals surface area contributed by atoms with Gasteiger partial charge in [0.15, 0.2) is 11.5 Å². The summed E-state index contributed by atoms with van der Waals surface area (Å²) in [6.45, 7) is 0.348. The van der Waals surface area contributed by atoms with Crippen LogP contribution in [0.5, 0.6) is 11.5 Å². The van der Waals surface area contributed by atoms with Crippen LogP contribution in [0.1, 0.15) is 5.82 Å². The number of benzene rings is 1. The van der Waals surface area contributed by atoms with Gasteiger partial charge < -0.3 is 14.4 Å². The first-order valence-corrected chi connectivity index (χ1v) is 4.64. The molecule has 0 radical (unpaired) electrons. The number of para-hydroxylation sites is 2. The van der Waals surface area contributed by atoms with Gasteiger partial charge in [0, 0.05) is 19.4 Å². The van der Waals surface area contributed by atoms with Crippen LogP contribution < -0.4 is 4.74 Å². The zero-order chi connectivity index (χ0) is 10.7. The average molecular weight is 204 g/mol. The summed E-state index contributed by atoms with van der Waals surface area (Å²) in [5.41, 5.74) is 0. The van der Waals surface area contributed by atoms with Crippen molar-refractivity contribution in [3.63, 3.8) is 0 Å². The number of ether oxygens (including phenoxy) is 1. The monoisotopic (exact) mass is 204 g/mol. The maximum atomic E-state index is 9.46. The molecule has 0 aliphatic carbocycles. The van der Waals surface area contributed by atoms with Crippen LogP contribution >= 0.6 is 0 Å². The lowest BCUT2D eigenvalue weighted by molar-refractivity contribution is 0.277. The van der Waals surface area contributed by atoms with Gasteiger partial charge in [-0.05, 0) is 12.1 Å². The van der Waals surface area contributed by atoms with E-state index in [1.54, 1.807) is 24.4 Å². The molecule has 0 aliphatic rings. The third-order valence-electron chi connectivity index (χ3n) is 2.14. The number of imidazole rings is 1. The number of phenolic OH excluding ortho intramolecular Hbond substituents is 1. The maximum absolute atomic E-state index is 9.46. The van der Waals surface area contributed by atoms with Gasteiger partial charge in [0.1, 0.15) is 12.4 Å². The Bertz CT molecular complexity index is 451. The predicted molar refractivity (Wildman–Crippen MR) is 55.6 cm³/mol. The molecule has 1 aromatic carbocycles. The van der Waals surface area contributed by atoms with Gasteiger partial charge in [-0.1, -0.05) is 12.1 Å². The van der Waals surface area contributed by atoms with E-state index in [-0.39, 0.29) is 5.75 Å². The molecule has 1 aromatic heterocycles. The second-order valence-corrected chi connectivity index (χ2v) is 3.21. The van der Waals surface area contributed by atoms with Gasteiger partial charge in [-0.15, -0.1) is 0 Å². The normalized spacial score (nSPS) is 10.2. The quantitative estimate of drug-likeness (QED) is 0.827. The van der Waals surface area contributed by atoms with Crippen molar-refractivity contribution in [2.45, 2.75) is 6.61 Å². The Morgan fingerprint density at radius 2 is 2.20 bits per heavy atom. The molecule has 0 bridgehead atoms. The van der Waals surface area contributed by atoms with Crippen molar-refractivity contribution < 1.29 is 9.84 Å². The Balaban J connectivity index is 2.06. The fourth-order valence-electron chi connectivity index (χ4n) is 1.26. The van der Waals surface area contributed by atoms with Crippen molar-refractivity contribution >= 4 is 0 Å². The van der Waals surface area contributed by atoms with Crippen molar-refractivity contribution in [1.29, 1.82) is 0 Å². The molecule has 0 atom stereocenters. The maximum Gasteiger partial charge on any atom is 0.161 e. The van der Waals surface area contributed by atoms with Crippen LogP contribution in [0.25, 0.3) is 0 Å². The van der Waals surface area contributed by atoms with Gasteiger partial charge in [-0.3, -0.25) is 0 Å². The largest absolute Gasteiger partial charge is 0.504 e. The Kier molecular flexibility index (Phi) is 2.58. The van der Waals surface area contributed by atoms with Gasteiger partial charge in [0.25, 0.3) is 0 Å². The number of phenols is 1. The SMILES string of the molecule is Cn1ccnc1COc1ccccc1O. The topological polar surface area (TPSA) is 47.3 Å². The lowest BCUT2D eigenvalue weighted by atomic mass is 10.3. The van der Waals surface area contributed by atoms with Crippen molar-refractivity contribution in [3.05, 3.63) is 42.5 Å². The van der Waals surface area contributed by atoms with Crippen LogP contribution in [0.3, 0.4) is 0 Å². The highest BCUT2D eigenvalue weighted by Crippen LogP contribution is 2.24. The average Bonchev–Trinajstić information content (AvgIpc) is 2.63. The molecule has 0 saturated carbocycles. The summed E-state index contributed by atoms with van der Waals surface area (Å²) < 4.78 is 7.30. The summed E-state index contributed by atoms with van der Waals surface area (Å²) in [5, 5.41) is 9.46. The minimum absolute atomic E-state index is 0.145. The van der Waals surface area contributed by atoms with Crippen LogP contribution in [-0.2, 0) is 13.7 Å². The van der Waals surface area contributed by atoms with Gasteiger partial charge >= 0.3 is 0 Å². The molecule has 15 heavy (non-hydrogen) atoms. The van der Waals surface area contributed by atoms with Crippen molar-refractivity contribution in [1.82, 2.24) is 9.55 Å². The summed E-state index contributed by atoms with van der Waals surface area (Å²) in [6.07, 6.45) is 3.56. The molecule has 1 N–H and O–H groups in total. The van der Waals surface area contributed by atoms with Gasteiger partial charge in [0.2, 0.25) is 0 Å². The first-order chi connectivity index (χ1) is 7.27. The number of nitrogens with zero attached hydrogens (tertiary/aromatic N) is 2. The molecule has 0 saturated heterocycles. The van der Waals surface area contributed by atoms with Crippen LogP contribution in [0.15, 0.2) is 36.7 Å². The van der Waals surface area contributed by atoms with E-state index in [1.165, 1.54) is 0 Å². The van der Waals surface area contributed by atoms with E-state index >= 15 is 0 Å². The minimum atomic E-state index is 0.145. The van der Waals surface area contributed by atoms with E-state index in [1.807, 2.05) is 23.9 Å². The van der Waals surface area contributed by atoms with Crippen molar-refractivity contribution in [2.75, 3.05) is 0 Å². The molecule has 0 fully saturated rings. The fourth-order valence-corrected chi connectivity index (χ4v) is 1.26. The Morgan fingerprint density at radius 1 is 1.40 bits per heavy atom. The molecule has 0 unspecified atom stereocenters. The standard InChI is InChI=1S/C11H12N2O2/c1-13-7-6-12-11(13)8-15-10-5-3-2-4-9(10)14/h2-7,14H,8H2,1H3. The third kappa shape index (κ3) is 2.10. The molecular weight excluding hydrogens is 192 g/mol. The first-order valence-electron chi connectivity index (χ1n) is 4.64. The zero-order valence-corrected chi connectivity index (χ0v) is 8.42. The highest BCUT2D eigenvalue weighted by atomic mass is 16.5. The molecule has 4 nitrogen and oxygen atoms in total. The number of rotatable bonds is 3. The number of aryl methyl sites for hydroxylation is 1. The summed E-state index contributed by atoms with van der Waals surface area (Å²) >= 11 is 0. The summed E-state index contributed by atoms with van der Waals surface area (Å²) in [6, 6.07) is 6.88. The Labute approximate surface area is 87.8 Å². The van der Waals surface area contributed by atoms with E-state index in [4.69, 9.17) is 4.74 Å². The molecule has 0 amide bonds. The molecule has 1 heterocycles. The number of aromatic nitrogens is 2. The van der Waals surface area contributed by atoms with Crippen LogP contribution in [0, 0.1) is 0 Å². The Hall–Kier alpha value is -1.97. The smallest absolute Gasteiger partial charge is 0.161 e. The van der Waals surface area contributed by atoms with Gasteiger partial charge in [-0.2, -0.15) is 0 Å². The molecule has 2 rings (SSSR count). The number of aromatic hydroxyl groups is 1.